The number of allylic oxidation sites excluding steroid dienone is 1. The smallest absolute Gasteiger partial charge is 0.337 e. The highest BCUT2D eigenvalue weighted by Gasteiger charge is 2.34. The molecule has 7 nitrogen and oxygen atoms in total. The van der Waals surface area contributed by atoms with E-state index in [9.17, 15) is 4.79 Å². The Hall–Kier alpha value is -2.48. The van der Waals surface area contributed by atoms with Gasteiger partial charge >= 0.3 is 5.97 Å². The molecule has 1 atom stereocenters. The molecule has 1 aliphatic heterocycles. The molecule has 1 aliphatic rings. The fourth-order valence-corrected chi connectivity index (χ4v) is 2.93. The van der Waals surface area contributed by atoms with Gasteiger partial charge in [-0.1, -0.05) is 0 Å². The summed E-state index contributed by atoms with van der Waals surface area (Å²) in [5.74, 6) is 0.950. The lowest BCUT2D eigenvalue weighted by Gasteiger charge is -2.31. The second-order valence-corrected chi connectivity index (χ2v) is 5.39. The second kappa shape index (κ2) is 7.39. The molecule has 24 heavy (non-hydrogen) atoms. The van der Waals surface area contributed by atoms with E-state index in [1.54, 1.807) is 26.2 Å². The third kappa shape index (κ3) is 3.09. The third-order valence-corrected chi connectivity index (χ3v) is 3.94. The molecular weight excluding hydrogens is 332 g/mol. The molecule has 1 aromatic rings. The highest BCUT2D eigenvalue weighted by molar-refractivity contribution is 7.80. The van der Waals surface area contributed by atoms with Gasteiger partial charge in [0, 0.05) is 11.3 Å². The summed E-state index contributed by atoms with van der Waals surface area (Å²) in [5.41, 5.74) is 1.71. The number of esters is 1. The van der Waals surface area contributed by atoms with Crippen molar-refractivity contribution in [3.05, 3.63) is 29.0 Å². The Bertz CT molecular complexity index is 702. The lowest BCUT2D eigenvalue weighted by molar-refractivity contribution is -0.136. The summed E-state index contributed by atoms with van der Waals surface area (Å²) in [6.45, 7) is 1.76. The Morgan fingerprint density at radius 3 is 2.29 bits per heavy atom. The van der Waals surface area contributed by atoms with Crippen LogP contribution >= 0.6 is 12.2 Å². The fourth-order valence-electron chi connectivity index (χ4n) is 2.66. The van der Waals surface area contributed by atoms with Gasteiger partial charge in [-0.25, -0.2) is 4.79 Å². The van der Waals surface area contributed by atoms with E-state index in [-0.39, 0.29) is 0 Å². The number of methoxy groups -OCH3 is 4. The number of carbonyl (C=O) groups is 1. The first-order valence-corrected chi connectivity index (χ1v) is 7.54. The molecule has 0 aromatic heterocycles. The number of benzene rings is 1. The maximum atomic E-state index is 12.2. The number of thiocarbonyl (C=S) groups is 1. The first kappa shape index (κ1) is 17.9. The minimum Gasteiger partial charge on any atom is -0.493 e. The Kier molecular flexibility index (Phi) is 5.50. The third-order valence-electron chi connectivity index (χ3n) is 3.72. The van der Waals surface area contributed by atoms with Crippen molar-refractivity contribution in [2.75, 3.05) is 28.4 Å². The molecule has 2 rings (SSSR count). The number of hydrogen-bond acceptors (Lipinski definition) is 6. The quantitative estimate of drug-likeness (QED) is 0.612. The minimum atomic E-state index is -0.541. The zero-order valence-electron chi connectivity index (χ0n) is 14.2. The Balaban J connectivity index is 2.66. The minimum absolute atomic E-state index is 0.405. The van der Waals surface area contributed by atoms with Crippen molar-refractivity contribution >= 4 is 23.3 Å². The van der Waals surface area contributed by atoms with Crippen LogP contribution in [0.3, 0.4) is 0 Å². The number of hydrogen-bond donors (Lipinski definition) is 2. The summed E-state index contributed by atoms with van der Waals surface area (Å²) in [6, 6.07) is 3.00. The lowest BCUT2D eigenvalue weighted by atomic mass is 9.94. The summed E-state index contributed by atoms with van der Waals surface area (Å²) in [6.07, 6.45) is 0. The van der Waals surface area contributed by atoms with Crippen LogP contribution in [0.2, 0.25) is 0 Å². The largest absolute Gasteiger partial charge is 0.493 e. The van der Waals surface area contributed by atoms with Gasteiger partial charge in [0.15, 0.2) is 16.6 Å². The highest BCUT2D eigenvalue weighted by Crippen LogP contribution is 2.44. The predicted molar refractivity (Wildman–Crippen MR) is 92.4 cm³/mol. The summed E-state index contributed by atoms with van der Waals surface area (Å²) in [7, 11) is 5.92. The molecule has 0 fully saturated rings. The molecule has 1 aromatic carbocycles. The Morgan fingerprint density at radius 1 is 1.08 bits per heavy atom. The van der Waals surface area contributed by atoms with Gasteiger partial charge in [0.05, 0.1) is 40.1 Å². The molecule has 1 unspecified atom stereocenters. The number of carbonyl (C=O) groups excluding carboxylic acids is 1. The molecule has 0 saturated carbocycles. The first-order chi connectivity index (χ1) is 11.5. The van der Waals surface area contributed by atoms with Crippen LogP contribution in [0.5, 0.6) is 17.2 Å². The molecule has 1 heterocycles. The van der Waals surface area contributed by atoms with Crippen molar-refractivity contribution < 1.29 is 23.7 Å². The molecule has 8 heteroatoms. The van der Waals surface area contributed by atoms with Crippen LogP contribution in [0, 0.1) is 0 Å². The van der Waals surface area contributed by atoms with E-state index in [2.05, 4.69) is 10.6 Å². The van der Waals surface area contributed by atoms with Crippen molar-refractivity contribution in [1.29, 1.82) is 0 Å². The molecular formula is C16H20N2O5S. The van der Waals surface area contributed by atoms with Gasteiger partial charge in [-0.15, -0.1) is 0 Å². The van der Waals surface area contributed by atoms with Gasteiger partial charge in [0.2, 0.25) is 5.75 Å². The molecule has 0 saturated heterocycles. The van der Waals surface area contributed by atoms with E-state index >= 15 is 0 Å². The maximum absolute atomic E-state index is 12.2. The predicted octanol–water partition coefficient (Wildman–Crippen LogP) is 1.68. The van der Waals surface area contributed by atoms with E-state index in [1.807, 2.05) is 0 Å². The normalized spacial score (nSPS) is 16.9. The van der Waals surface area contributed by atoms with Crippen LogP contribution in [0.15, 0.2) is 23.4 Å². The fraction of sp³-hybridized carbons (Fsp3) is 0.375. The van der Waals surface area contributed by atoms with Crippen LogP contribution in [0.1, 0.15) is 18.5 Å². The topological polar surface area (TPSA) is 78.1 Å². The standard InChI is InChI=1S/C16H20N2O5S/c1-8-11(15(19)23-5)12(18-16(24)17-8)9-6-7-10(20-2)14(22-4)13(9)21-3/h6-7,12H,1-5H3,(H2,17,18,24). The van der Waals surface area contributed by atoms with Crippen LogP contribution < -0.4 is 24.8 Å². The van der Waals surface area contributed by atoms with E-state index in [0.717, 1.165) is 0 Å². The van der Waals surface area contributed by atoms with Gasteiger partial charge in [0.1, 0.15) is 0 Å². The van der Waals surface area contributed by atoms with Gasteiger partial charge in [0.25, 0.3) is 0 Å². The van der Waals surface area contributed by atoms with Crippen LogP contribution in [0.25, 0.3) is 0 Å². The molecule has 0 amide bonds. The highest BCUT2D eigenvalue weighted by atomic mass is 32.1. The summed E-state index contributed by atoms with van der Waals surface area (Å²) in [4.78, 5) is 12.2. The second-order valence-electron chi connectivity index (χ2n) is 4.99. The number of ether oxygens (including phenoxy) is 4. The zero-order valence-corrected chi connectivity index (χ0v) is 15.0. The Labute approximate surface area is 145 Å². The van der Waals surface area contributed by atoms with Crippen molar-refractivity contribution in [2.24, 2.45) is 0 Å². The molecule has 0 bridgehead atoms. The van der Waals surface area contributed by atoms with E-state index in [0.29, 0.717) is 39.2 Å². The van der Waals surface area contributed by atoms with E-state index < -0.39 is 12.0 Å². The average molecular weight is 352 g/mol. The average Bonchev–Trinajstić information content (AvgIpc) is 2.58. The number of nitrogens with one attached hydrogen (secondary N) is 2. The summed E-state index contributed by atoms with van der Waals surface area (Å²) in [5, 5.41) is 6.42. The first-order valence-electron chi connectivity index (χ1n) is 7.13. The SMILES string of the molecule is COC(=O)C1=C(C)NC(=S)NC1c1ccc(OC)c(OC)c1OC. The van der Waals surface area contributed by atoms with Gasteiger partial charge in [-0.3, -0.25) is 0 Å². The van der Waals surface area contributed by atoms with Crippen LogP contribution in [-0.2, 0) is 9.53 Å². The van der Waals surface area contributed by atoms with Crippen molar-refractivity contribution in [1.82, 2.24) is 10.6 Å². The Morgan fingerprint density at radius 2 is 1.75 bits per heavy atom. The van der Waals surface area contributed by atoms with E-state index in [1.165, 1.54) is 21.3 Å². The van der Waals surface area contributed by atoms with Crippen molar-refractivity contribution in [2.45, 2.75) is 13.0 Å². The van der Waals surface area contributed by atoms with Crippen molar-refractivity contribution in [3.8, 4) is 17.2 Å². The monoisotopic (exact) mass is 352 g/mol. The molecule has 130 valence electrons. The summed E-state index contributed by atoms with van der Waals surface area (Å²) >= 11 is 5.22. The van der Waals surface area contributed by atoms with Gasteiger partial charge in [-0.2, -0.15) is 0 Å². The zero-order chi connectivity index (χ0) is 17.9. The van der Waals surface area contributed by atoms with Gasteiger partial charge < -0.3 is 29.6 Å². The lowest BCUT2D eigenvalue weighted by Crippen LogP contribution is -2.45. The van der Waals surface area contributed by atoms with Crippen LogP contribution in [-0.4, -0.2) is 39.5 Å². The number of rotatable bonds is 5. The van der Waals surface area contributed by atoms with E-state index in [4.69, 9.17) is 31.2 Å². The molecule has 2 N–H and O–H groups in total. The van der Waals surface area contributed by atoms with Crippen molar-refractivity contribution in [3.63, 3.8) is 0 Å². The molecule has 0 spiro atoms. The maximum Gasteiger partial charge on any atom is 0.337 e. The van der Waals surface area contributed by atoms with Gasteiger partial charge in [-0.05, 0) is 31.3 Å². The molecule has 0 aliphatic carbocycles. The molecule has 0 radical (unpaired) electrons. The van der Waals surface area contributed by atoms with Crippen LogP contribution in [0.4, 0.5) is 0 Å². The summed E-state index contributed by atoms with van der Waals surface area (Å²) < 4.78 is 21.1.